The minimum absolute atomic E-state index is 0.174. The topological polar surface area (TPSA) is 231 Å². The van der Waals surface area contributed by atoms with Crippen LogP contribution in [0.5, 0.6) is 0 Å². The van der Waals surface area contributed by atoms with Gasteiger partial charge < -0.3 is 64.2 Å². The van der Waals surface area contributed by atoms with Crippen molar-refractivity contribution in [3.8, 4) is 0 Å². The number of carbonyl (C=O) groups is 2. The average Bonchev–Trinajstić information content (AvgIpc) is 3.42. The first-order chi connectivity index (χ1) is 37.0. The van der Waals surface area contributed by atoms with Crippen molar-refractivity contribution in [2.75, 3.05) is 26.4 Å². The van der Waals surface area contributed by atoms with Crippen molar-refractivity contribution in [1.29, 1.82) is 0 Å². The maximum atomic E-state index is 13.1. The first-order valence-corrected chi connectivity index (χ1v) is 31.6. The molecule has 7 N–H and O–H groups in total. The third-order valence-electron chi connectivity index (χ3n) is 15.6. The molecule has 15 nitrogen and oxygen atoms in total. The number of hydrogen-bond donors (Lipinski definition) is 7. The van der Waals surface area contributed by atoms with Crippen molar-refractivity contribution in [3.05, 3.63) is 0 Å². The standard InChI is InChI=1S/C61H116O15/c1-3-5-7-9-11-13-15-17-19-21-23-24-25-26-28-29-31-33-35-37-39-41-43-52(63)71-46-49(74-53(64)44-42-40-38-36-34-32-30-27-22-20-18-16-14-12-10-8-6-4-2)47-72-60-59(70)57(68)55(66)51(76-60)48-73-61-58(69)56(67)54(65)50(45-62)75-61/h49-51,54-62,65-70H,3-48H2,1-2H3/t49-,50+,51+,54-,55-,56?,57?,58?,59?,60+,61+/m0/s1. The number of esters is 2. The summed E-state index contributed by atoms with van der Waals surface area (Å²) in [6.45, 7) is 2.68. The van der Waals surface area contributed by atoms with E-state index in [1.165, 1.54) is 205 Å². The Balaban J connectivity index is 1.70. The fourth-order valence-electron chi connectivity index (χ4n) is 10.5. The molecule has 2 fully saturated rings. The maximum absolute atomic E-state index is 13.1. The summed E-state index contributed by atoms with van der Waals surface area (Å²) in [5, 5.41) is 72.4. The zero-order valence-corrected chi connectivity index (χ0v) is 48.3. The van der Waals surface area contributed by atoms with Crippen LogP contribution >= 0.6 is 0 Å². The molecule has 15 heteroatoms. The van der Waals surface area contributed by atoms with Crippen LogP contribution in [-0.2, 0) is 38.0 Å². The van der Waals surface area contributed by atoms with Crippen molar-refractivity contribution in [2.45, 2.75) is 351 Å². The Kier molecular flexibility index (Phi) is 44.8. The van der Waals surface area contributed by atoms with Gasteiger partial charge in [-0.1, -0.05) is 258 Å². The highest BCUT2D eigenvalue weighted by atomic mass is 16.7. The van der Waals surface area contributed by atoms with E-state index in [0.29, 0.717) is 12.8 Å². The molecule has 0 aromatic heterocycles. The van der Waals surface area contributed by atoms with Crippen LogP contribution < -0.4 is 0 Å². The summed E-state index contributed by atoms with van der Waals surface area (Å²) < 4.78 is 33.8. The number of rotatable bonds is 52. The van der Waals surface area contributed by atoms with Gasteiger partial charge in [-0.25, -0.2) is 0 Å². The summed E-state index contributed by atoms with van der Waals surface area (Å²) in [5.41, 5.74) is 0. The van der Waals surface area contributed by atoms with Crippen LogP contribution in [0.25, 0.3) is 0 Å². The van der Waals surface area contributed by atoms with Crippen LogP contribution in [0.2, 0.25) is 0 Å². The van der Waals surface area contributed by atoms with E-state index in [4.69, 9.17) is 28.4 Å². The molecule has 11 atom stereocenters. The zero-order chi connectivity index (χ0) is 55.3. The van der Waals surface area contributed by atoms with Gasteiger partial charge in [0.15, 0.2) is 18.7 Å². The van der Waals surface area contributed by atoms with Crippen LogP contribution in [0.15, 0.2) is 0 Å². The fourth-order valence-corrected chi connectivity index (χ4v) is 10.5. The lowest BCUT2D eigenvalue weighted by Gasteiger charge is -2.42. The normalized spacial score (nSPS) is 24.2. The van der Waals surface area contributed by atoms with Gasteiger partial charge in [0.2, 0.25) is 0 Å². The van der Waals surface area contributed by atoms with Gasteiger partial charge in [-0.2, -0.15) is 0 Å². The number of hydrogen-bond acceptors (Lipinski definition) is 15. The van der Waals surface area contributed by atoms with Gasteiger partial charge in [-0.3, -0.25) is 9.59 Å². The van der Waals surface area contributed by atoms with Crippen LogP contribution in [0.1, 0.15) is 284 Å². The molecule has 0 bridgehead atoms. The van der Waals surface area contributed by atoms with E-state index in [2.05, 4.69) is 13.8 Å². The second-order valence-corrected chi connectivity index (χ2v) is 22.6. The van der Waals surface area contributed by atoms with Crippen molar-refractivity contribution in [3.63, 3.8) is 0 Å². The van der Waals surface area contributed by atoms with Gasteiger partial charge in [0.25, 0.3) is 0 Å². The minimum Gasteiger partial charge on any atom is -0.462 e. The summed E-state index contributed by atoms with van der Waals surface area (Å²) in [6.07, 6.45) is 34.1. The molecule has 0 radical (unpaired) electrons. The Labute approximate surface area is 461 Å². The van der Waals surface area contributed by atoms with Crippen molar-refractivity contribution in [1.82, 2.24) is 0 Å². The molecule has 0 amide bonds. The van der Waals surface area contributed by atoms with Crippen LogP contribution in [0.3, 0.4) is 0 Å². The van der Waals surface area contributed by atoms with E-state index in [1.807, 2.05) is 0 Å². The second-order valence-electron chi connectivity index (χ2n) is 22.6. The van der Waals surface area contributed by atoms with Gasteiger partial charge in [0, 0.05) is 12.8 Å². The zero-order valence-electron chi connectivity index (χ0n) is 48.3. The third-order valence-corrected chi connectivity index (χ3v) is 15.6. The molecule has 2 saturated heterocycles. The summed E-state index contributed by atoms with van der Waals surface area (Å²) in [4.78, 5) is 26.0. The highest BCUT2D eigenvalue weighted by Crippen LogP contribution is 2.27. The number of aliphatic hydroxyl groups is 7. The molecule has 2 aliphatic heterocycles. The Bertz CT molecular complexity index is 1320. The molecule has 0 aliphatic carbocycles. The van der Waals surface area contributed by atoms with E-state index in [0.717, 1.165) is 38.5 Å². The van der Waals surface area contributed by atoms with E-state index >= 15 is 0 Å². The number of carbonyl (C=O) groups excluding carboxylic acids is 2. The number of ether oxygens (including phenoxy) is 6. The lowest BCUT2D eigenvalue weighted by molar-refractivity contribution is -0.332. The molecule has 2 rings (SSSR count). The Morgan fingerprint density at radius 3 is 1.03 bits per heavy atom. The molecular formula is C61H116O15. The molecule has 0 saturated carbocycles. The van der Waals surface area contributed by atoms with Gasteiger partial charge in [0.05, 0.1) is 19.8 Å². The first-order valence-electron chi connectivity index (χ1n) is 31.6. The summed E-state index contributed by atoms with van der Waals surface area (Å²) >= 11 is 0. The highest BCUT2D eigenvalue weighted by Gasteiger charge is 2.47. The second kappa shape index (κ2) is 48.2. The average molecular weight is 1090 g/mol. The van der Waals surface area contributed by atoms with Gasteiger partial charge in [0.1, 0.15) is 55.4 Å². The predicted molar refractivity (Wildman–Crippen MR) is 298 cm³/mol. The molecule has 450 valence electrons. The molecule has 0 aromatic rings. The van der Waals surface area contributed by atoms with Crippen molar-refractivity contribution in [2.24, 2.45) is 0 Å². The summed E-state index contributed by atoms with van der Waals surface area (Å²) in [5.74, 6) is -0.900. The van der Waals surface area contributed by atoms with Gasteiger partial charge >= 0.3 is 11.9 Å². The largest absolute Gasteiger partial charge is 0.462 e. The Morgan fingerprint density at radius 1 is 0.368 bits per heavy atom. The smallest absolute Gasteiger partial charge is 0.306 e. The van der Waals surface area contributed by atoms with Crippen molar-refractivity contribution >= 4 is 11.9 Å². The predicted octanol–water partition coefficient (Wildman–Crippen LogP) is 11.5. The lowest BCUT2D eigenvalue weighted by atomic mass is 9.98. The molecule has 4 unspecified atom stereocenters. The highest BCUT2D eigenvalue weighted by molar-refractivity contribution is 5.70. The minimum atomic E-state index is -1.76. The van der Waals surface area contributed by atoms with Crippen molar-refractivity contribution < 1.29 is 73.8 Å². The molecule has 0 aromatic carbocycles. The summed E-state index contributed by atoms with van der Waals surface area (Å²) in [6, 6.07) is 0. The van der Waals surface area contributed by atoms with E-state index in [9.17, 15) is 45.3 Å². The fraction of sp³-hybridized carbons (Fsp3) is 0.967. The van der Waals surface area contributed by atoms with Crippen LogP contribution in [0.4, 0.5) is 0 Å². The molecular weight excluding hydrogens is 973 g/mol. The lowest BCUT2D eigenvalue weighted by Crippen LogP contribution is -2.61. The molecule has 2 heterocycles. The molecule has 76 heavy (non-hydrogen) atoms. The Morgan fingerprint density at radius 2 is 0.671 bits per heavy atom. The monoisotopic (exact) mass is 1090 g/mol. The van der Waals surface area contributed by atoms with Crippen LogP contribution in [0, 0.1) is 0 Å². The van der Waals surface area contributed by atoms with Gasteiger partial charge in [-0.15, -0.1) is 0 Å². The van der Waals surface area contributed by atoms with Crippen LogP contribution in [-0.4, -0.2) is 142 Å². The van der Waals surface area contributed by atoms with Gasteiger partial charge in [-0.05, 0) is 12.8 Å². The quantitative estimate of drug-likeness (QED) is 0.0222. The van der Waals surface area contributed by atoms with E-state index in [-0.39, 0.29) is 26.1 Å². The molecule has 2 aliphatic rings. The van der Waals surface area contributed by atoms with E-state index in [1.54, 1.807) is 0 Å². The number of unbranched alkanes of at least 4 members (excludes halogenated alkanes) is 38. The van der Waals surface area contributed by atoms with E-state index < -0.39 is 92.7 Å². The summed E-state index contributed by atoms with van der Waals surface area (Å²) in [7, 11) is 0. The Hall–Kier alpha value is -1.50. The molecule has 0 spiro atoms. The number of aliphatic hydroxyl groups excluding tert-OH is 7. The maximum Gasteiger partial charge on any atom is 0.306 e. The third kappa shape index (κ3) is 34.6. The SMILES string of the molecule is CCCCCCCCCCCCCCCCCCCCCCCCC(=O)OC[C@@H](CO[C@@H]1O[C@H](CO[C@@H]2O[C@H](CO)[C@H](O)C(O)C2O)[C@H](O)C(O)C1O)OC(=O)CCCCCCCCCCCCCCCCCCCC. The first kappa shape index (κ1) is 70.6.